The molecule has 1 unspecified atom stereocenters. The number of carbonyl (C=O) groups is 4. The van der Waals surface area contributed by atoms with Crippen LogP contribution in [0.3, 0.4) is 0 Å². The van der Waals surface area contributed by atoms with Crippen molar-refractivity contribution in [2.24, 2.45) is 23.2 Å². The number of rotatable bonds is 17. The second kappa shape index (κ2) is 16.3. The molecule has 1 aromatic carbocycles. The summed E-state index contributed by atoms with van der Waals surface area (Å²) in [6.07, 6.45) is 4.04. The molecule has 0 radical (unpaired) electrons. The Kier molecular flexibility index (Phi) is 13.0. The summed E-state index contributed by atoms with van der Waals surface area (Å²) in [5.41, 5.74) is -1.38. The van der Waals surface area contributed by atoms with Crippen molar-refractivity contribution in [2.75, 3.05) is 19.7 Å². The lowest BCUT2D eigenvalue weighted by molar-refractivity contribution is -0.161. The fourth-order valence-electron chi connectivity index (χ4n) is 8.78. The van der Waals surface area contributed by atoms with Gasteiger partial charge in [0, 0.05) is 23.3 Å². The number of esters is 1. The Bertz CT molecular complexity index is 1440. The number of aliphatic hydroxyl groups excluding tert-OH is 1. The standard InChI is InChI=1S/C40H58BrN3O7/c1-10-12-18-30(46)42-22-29(26-16-14-13-15-17-26)50-37(49)31-32-35(47)44(27(23-45)20-25(3)4)34(40(32)21-28(41)33(31)51-40)36(48)43(19-11-2)39(8,9)24-38(5,6)7/h10-11,13-17,25,27-29,31-34,45H,1-2,12,18-24H2,3-9H3,(H,42,46)/t27-,28?,29+,31-,32+,33-,34-,40+/m1/s1. The van der Waals surface area contributed by atoms with E-state index in [0.29, 0.717) is 31.2 Å². The lowest BCUT2D eigenvalue weighted by Gasteiger charge is -2.46. The van der Waals surface area contributed by atoms with E-state index in [0.717, 1.165) is 0 Å². The van der Waals surface area contributed by atoms with E-state index in [1.807, 2.05) is 58.0 Å². The van der Waals surface area contributed by atoms with Gasteiger partial charge in [0.15, 0.2) is 0 Å². The number of aliphatic hydroxyl groups is 1. The van der Waals surface area contributed by atoms with Crippen LogP contribution in [0.4, 0.5) is 0 Å². The lowest BCUT2D eigenvalue weighted by Crippen LogP contribution is -2.62. The zero-order chi connectivity index (χ0) is 37.9. The second-order valence-electron chi connectivity index (χ2n) is 16.6. The first kappa shape index (κ1) is 40.7. The van der Waals surface area contributed by atoms with Crippen LogP contribution in [0.2, 0.25) is 0 Å². The fourth-order valence-corrected chi connectivity index (χ4v) is 9.72. The van der Waals surface area contributed by atoms with Gasteiger partial charge in [-0.25, -0.2) is 0 Å². The number of nitrogens with one attached hydrogen (secondary N) is 1. The molecule has 51 heavy (non-hydrogen) atoms. The molecule has 3 saturated heterocycles. The number of hydrogen-bond acceptors (Lipinski definition) is 7. The molecule has 282 valence electrons. The number of carbonyl (C=O) groups excluding carboxylic acids is 4. The van der Waals surface area contributed by atoms with Gasteiger partial charge >= 0.3 is 5.97 Å². The summed E-state index contributed by atoms with van der Waals surface area (Å²) in [5, 5.41) is 13.6. The number of benzene rings is 1. The maximum Gasteiger partial charge on any atom is 0.313 e. The van der Waals surface area contributed by atoms with Gasteiger partial charge in [-0.05, 0) is 56.4 Å². The number of fused-ring (bicyclic) bond motifs is 1. The molecule has 3 heterocycles. The molecular weight excluding hydrogens is 714 g/mol. The molecule has 3 aliphatic rings. The molecule has 0 aromatic heterocycles. The first-order valence-corrected chi connectivity index (χ1v) is 19.1. The van der Waals surface area contributed by atoms with Crippen LogP contribution >= 0.6 is 15.9 Å². The SMILES string of the molecule is C=CCCC(=O)NC[C@H](OC(=O)[C@H]1[C@@H]2O[C@@]3(CC2Br)[C@@H]1C(=O)N([C@@H](CO)CC(C)C)[C@@H]3C(=O)N(CC=C)C(C)(C)CC(C)(C)C)c1ccccc1. The minimum atomic E-state index is -1.33. The fraction of sp³-hybridized carbons (Fsp3) is 0.650. The van der Waals surface area contributed by atoms with Gasteiger partial charge in [-0.3, -0.25) is 19.2 Å². The largest absolute Gasteiger partial charge is 0.455 e. The Morgan fingerprint density at radius 1 is 1.16 bits per heavy atom. The number of ether oxygens (including phenoxy) is 2. The van der Waals surface area contributed by atoms with Crippen molar-refractivity contribution in [2.45, 2.75) is 121 Å². The number of allylic oxidation sites excluding steroid dienone is 1. The highest BCUT2D eigenvalue weighted by atomic mass is 79.9. The van der Waals surface area contributed by atoms with E-state index in [9.17, 15) is 19.5 Å². The van der Waals surface area contributed by atoms with Crippen molar-refractivity contribution >= 4 is 39.6 Å². The number of alkyl halides is 1. The molecule has 1 aromatic rings. The average molecular weight is 773 g/mol. The van der Waals surface area contributed by atoms with Crippen molar-refractivity contribution in [3.63, 3.8) is 0 Å². The second-order valence-corrected chi connectivity index (χ2v) is 17.8. The molecule has 1 spiro atoms. The Balaban J connectivity index is 1.77. The lowest BCUT2D eigenvalue weighted by atomic mass is 9.70. The van der Waals surface area contributed by atoms with Crippen LogP contribution in [0, 0.1) is 23.2 Å². The third-order valence-corrected chi connectivity index (χ3v) is 11.2. The summed E-state index contributed by atoms with van der Waals surface area (Å²) < 4.78 is 13.0. The minimum Gasteiger partial charge on any atom is -0.455 e. The van der Waals surface area contributed by atoms with E-state index < -0.39 is 59.1 Å². The number of hydrogen-bond donors (Lipinski definition) is 2. The summed E-state index contributed by atoms with van der Waals surface area (Å²) in [4.78, 5) is 60.0. The van der Waals surface area contributed by atoms with Crippen LogP contribution in [-0.4, -0.2) is 92.4 Å². The predicted octanol–water partition coefficient (Wildman–Crippen LogP) is 5.74. The van der Waals surface area contributed by atoms with Crippen molar-refractivity contribution < 1.29 is 33.8 Å². The van der Waals surface area contributed by atoms with Crippen LogP contribution in [0.25, 0.3) is 0 Å². The normalized spacial score (nSPS) is 26.8. The summed E-state index contributed by atoms with van der Waals surface area (Å²) >= 11 is 3.76. The Morgan fingerprint density at radius 3 is 2.39 bits per heavy atom. The molecule has 2 N–H and O–H groups in total. The smallest absolute Gasteiger partial charge is 0.313 e. The average Bonchev–Trinajstić information content (AvgIpc) is 3.65. The maximum atomic E-state index is 15.2. The quantitative estimate of drug-likeness (QED) is 0.118. The van der Waals surface area contributed by atoms with Gasteiger partial charge in [0.1, 0.15) is 17.7 Å². The first-order chi connectivity index (χ1) is 23.9. The van der Waals surface area contributed by atoms with Gasteiger partial charge in [-0.2, -0.15) is 0 Å². The van der Waals surface area contributed by atoms with Crippen molar-refractivity contribution in [3.05, 3.63) is 61.2 Å². The highest BCUT2D eigenvalue weighted by Crippen LogP contribution is 2.61. The van der Waals surface area contributed by atoms with E-state index in [1.54, 1.807) is 17.1 Å². The van der Waals surface area contributed by atoms with E-state index in [1.165, 1.54) is 4.90 Å². The van der Waals surface area contributed by atoms with Crippen molar-refractivity contribution in [3.8, 4) is 0 Å². The van der Waals surface area contributed by atoms with Crippen LogP contribution in [0.15, 0.2) is 55.6 Å². The number of halogens is 1. The van der Waals surface area contributed by atoms with E-state index in [2.05, 4.69) is 55.2 Å². The van der Waals surface area contributed by atoms with E-state index in [-0.39, 0.29) is 54.1 Å². The van der Waals surface area contributed by atoms with Gasteiger partial charge in [0.2, 0.25) is 17.7 Å². The summed E-state index contributed by atoms with van der Waals surface area (Å²) in [6.45, 7) is 22.0. The molecule has 8 atom stereocenters. The highest BCUT2D eigenvalue weighted by Gasteiger charge is 2.78. The zero-order valence-electron chi connectivity index (χ0n) is 31.4. The molecule has 0 saturated carbocycles. The minimum absolute atomic E-state index is 0.0407. The molecule has 4 rings (SSSR count). The van der Waals surface area contributed by atoms with Crippen LogP contribution in [0.1, 0.15) is 92.2 Å². The van der Waals surface area contributed by atoms with Crippen LogP contribution < -0.4 is 5.32 Å². The number of nitrogens with zero attached hydrogens (tertiary/aromatic N) is 2. The van der Waals surface area contributed by atoms with Gasteiger partial charge < -0.3 is 29.7 Å². The van der Waals surface area contributed by atoms with Crippen LogP contribution in [-0.2, 0) is 28.7 Å². The van der Waals surface area contributed by atoms with E-state index in [4.69, 9.17) is 9.47 Å². The molecule has 3 amide bonds. The molecular formula is C40H58BrN3O7. The Hall–Kier alpha value is -3.02. The van der Waals surface area contributed by atoms with Gasteiger partial charge in [-0.1, -0.05) is 93.0 Å². The maximum absolute atomic E-state index is 15.2. The highest BCUT2D eigenvalue weighted by molar-refractivity contribution is 9.09. The molecule has 3 aliphatic heterocycles. The van der Waals surface area contributed by atoms with Crippen molar-refractivity contribution in [1.82, 2.24) is 15.1 Å². The third kappa shape index (κ3) is 8.62. The van der Waals surface area contributed by atoms with Gasteiger partial charge in [-0.15, -0.1) is 13.2 Å². The third-order valence-electron chi connectivity index (χ3n) is 10.3. The molecule has 11 heteroatoms. The van der Waals surface area contributed by atoms with Crippen molar-refractivity contribution in [1.29, 1.82) is 0 Å². The molecule has 2 bridgehead atoms. The molecule has 3 fully saturated rings. The first-order valence-electron chi connectivity index (χ1n) is 18.2. The van der Waals surface area contributed by atoms with Crippen LogP contribution in [0.5, 0.6) is 0 Å². The topological polar surface area (TPSA) is 125 Å². The van der Waals surface area contributed by atoms with E-state index >= 15 is 4.79 Å². The summed E-state index contributed by atoms with van der Waals surface area (Å²) in [5.74, 6) is -3.43. The Morgan fingerprint density at radius 2 is 1.82 bits per heavy atom. The molecule has 10 nitrogen and oxygen atoms in total. The number of likely N-dealkylation sites (tertiary alicyclic amines) is 1. The number of amides is 3. The predicted molar refractivity (Wildman–Crippen MR) is 201 cm³/mol. The summed E-state index contributed by atoms with van der Waals surface area (Å²) in [6, 6.07) is 7.40. The zero-order valence-corrected chi connectivity index (χ0v) is 33.0. The monoisotopic (exact) mass is 771 g/mol. The van der Waals surface area contributed by atoms with Gasteiger partial charge in [0.05, 0.1) is 37.1 Å². The van der Waals surface area contributed by atoms with Gasteiger partial charge in [0.25, 0.3) is 0 Å². The molecule has 0 aliphatic carbocycles. The summed E-state index contributed by atoms with van der Waals surface area (Å²) in [7, 11) is 0. The Labute approximate surface area is 312 Å².